The third-order valence-corrected chi connectivity index (χ3v) is 3.52. The van der Waals surface area contributed by atoms with Crippen LogP contribution in [0.1, 0.15) is 24.9 Å². The van der Waals surface area contributed by atoms with Crippen molar-refractivity contribution in [1.29, 1.82) is 0 Å². The van der Waals surface area contributed by atoms with Gasteiger partial charge in [0.15, 0.2) is 0 Å². The zero-order valence-corrected chi connectivity index (χ0v) is 14.1. The summed E-state index contributed by atoms with van der Waals surface area (Å²) in [4.78, 5) is 27.7. The van der Waals surface area contributed by atoms with E-state index < -0.39 is 6.04 Å². The molecule has 1 atom stereocenters. The van der Waals surface area contributed by atoms with Crippen molar-refractivity contribution in [2.45, 2.75) is 19.4 Å². The SMILES string of the molecule is COc1ccc(NC(=O)CC(NC(C)=O)c2ccc(Cl)cc2)cn1. The molecule has 2 rings (SSSR count). The molecule has 0 aliphatic carbocycles. The van der Waals surface area contributed by atoms with Crippen LogP contribution in [0.15, 0.2) is 42.6 Å². The number of pyridine rings is 1. The Labute approximate surface area is 145 Å². The number of methoxy groups -OCH3 is 1. The van der Waals surface area contributed by atoms with Crippen molar-refractivity contribution in [3.8, 4) is 5.88 Å². The van der Waals surface area contributed by atoms with Crippen LogP contribution in [0.5, 0.6) is 5.88 Å². The lowest BCUT2D eigenvalue weighted by molar-refractivity contribution is -0.120. The summed E-state index contributed by atoms with van der Waals surface area (Å²) >= 11 is 5.88. The summed E-state index contributed by atoms with van der Waals surface area (Å²) in [5, 5.41) is 6.11. The van der Waals surface area contributed by atoms with Gasteiger partial charge in [0, 0.05) is 18.0 Å². The Morgan fingerprint density at radius 1 is 1.21 bits per heavy atom. The molecule has 0 bridgehead atoms. The van der Waals surface area contributed by atoms with Crippen LogP contribution in [-0.4, -0.2) is 23.9 Å². The molecule has 1 aromatic heterocycles. The number of amides is 2. The van der Waals surface area contributed by atoms with Crippen LogP contribution >= 0.6 is 11.6 Å². The number of rotatable bonds is 6. The van der Waals surface area contributed by atoms with E-state index in [1.807, 2.05) is 0 Å². The maximum atomic E-state index is 12.3. The molecule has 0 fully saturated rings. The standard InChI is InChI=1S/C17H18ClN3O3/c1-11(22)20-15(12-3-5-13(18)6-4-12)9-16(23)21-14-7-8-17(24-2)19-10-14/h3-8,10,15H,9H2,1-2H3,(H,20,22)(H,21,23). The Morgan fingerprint density at radius 3 is 2.46 bits per heavy atom. The van der Waals surface area contributed by atoms with Crippen molar-refractivity contribution in [3.05, 3.63) is 53.2 Å². The second-order valence-corrected chi connectivity index (χ2v) is 5.58. The minimum Gasteiger partial charge on any atom is -0.481 e. The zero-order chi connectivity index (χ0) is 17.5. The van der Waals surface area contributed by atoms with Gasteiger partial charge in [-0.25, -0.2) is 4.98 Å². The fourth-order valence-electron chi connectivity index (χ4n) is 2.17. The lowest BCUT2D eigenvalue weighted by atomic mass is 10.0. The molecule has 2 aromatic rings. The first-order valence-electron chi connectivity index (χ1n) is 7.30. The molecule has 1 heterocycles. The van der Waals surface area contributed by atoms with Crippen LogP contribution in [0, 0.1) is 0 Å². The number of carbonyl (C=O) groups is 2. The van der Waals surface area contributed by atoms with Crippen molar-refractivity contribution in [2.24, 2.45) is 0 Å². The number of benzene rings is 1. The highest BCUT2D eigenvalue weighted by Crippen LogP contribution is 2.20. The Morgan fingerprint density at radius 2 is 1.92 bits per heavy atom. The maximum absolute atomic E-state index is 12.3. The minimum absolute atomic E-state index is 0.0905. The molecule has 0 saturated carbocycles. The van der Waals surface area contributed by atoms with Crippen LogP contribution in [-0.2, 0) is 9.59 Å². The number of nitrogens with zero attached hydrogens (tertiary/aromatic N) is 1. The topological polar surface area (TPSA) is 80.3 Å². The first-order valence-corrected chi connectivity index (χ1v) is 7.68. The Balaban J connectivity index is 2.05. The summed E-state index contributed by atoms with van der Waals surface area (Å²) in [6.07, 6.45) is 1.60. The fourth-order valence-corrected chi connectivity index (χ4v) is 2.29. The predicted octanol–water partition coefficient (Wildman–Crippen LogP) is 2.95. The number of ether oxygens (including phenoxy) is 1. The second-order valence-electron chi connectivity index (χ2n) is 5.15. The van der Waals surface area contributed by atoms with Gasteiger partial charge in [-0.2, -0.15) is 0 Å². The van der Waals surface area contributed by atoms with Gasteiger partial charge in [-0.05, 0) is 23.8 Å². The Kier molecular flexibility index (Phi) is 6.14. The quantitative estimate of drug-likeness (QED) is 0.841. The van der Waals surface area contributed by atoms with Gasteiger partial charge in [0.2, 0.25) is 17.7 Å². The summed E-state index contributed by atoms with van der Waals surface area (Å²) in [5.74, 6) is 0.00909. The van der Waals surface area contributed by atoms with Gasteiger partial charge in [0.25, 0.3) is 0 Å². The molecular weight excluding hydrogens is 330 g/mol. The third kappa shape index (κ3) is 5.24. The number of halogens is 1. The van der Waals surface area contributed by atoms with Gasteiger partial charge in [-0.15, -0.1) is 0 Å². The number of hydrogen-bond donors (Lipinski definition) is 2. The van der Waals surface area contributed by atoms with Gasteiger partial charge in [0.05, 0.1) is 31.5 Å². The van der Waals surface area contributed by atoms with E-state index in [9.17, 15) is 9.59 Å². The third-order valence-electron chi connectivity index (χ3n) is 3.27. The van der Waals surface area contributed by atoms with Crippen LogP contribution in [0.3, 0.4) is 0 Å². The lowest BCUT2D eigenvalue weighted by Gasteiger charge is -2.18. The maximum Gasteiger partial charge on any atom is 0.226 e. The van der Waals surface area contributed by atoms with E-state index in [-0.39, 0.29) is 18.2 Å². The first kappa shape index (κ1) is 17.7. The number of anilines is 1. The number of nitrogens with one attached hydrogen (secondary N) is 2. The molecule has 2 N–H and O–H groups in total. The molecule has 0 saturated heterocycles. The van der Waals surface area contributed by atoms with Crippen LogP contribution in [0.4, 0.5) is 5.69 Å². The average molecular weight is 348 g/mol. The summed E-state index contributed by atoms with van der Waals surface area (Å²) in [6, 6.07) is 9.91. The zero-order valence-electron chi connectivity index (χ0n) is 13.4. The average Bonchev–Trinajstić information content (AvgIpc) is 2.55. The van der Waals surface area contributed by atoms with Crippen molar-refractivity contribution >= 4 is 29.1 Å². The van der Waals surface area contributed by atoms with Crippen molar-refractivity contribution in [2.75, 3.05) is 12.4 Å². The molecule has 1 unspecified atom stereocenters. The van der Waals surface area contributed by atoms with Crippen LogP contribution in [0.25, 0.3) is 0 Å². The van der Waals surface area contributed by atoms with E-state index in [2.05, 4.69) is 15.6 Å². The van der Waals surface area contributed by atoms with Crippen molar-refractivity contribution in [3.63, 3.8) is 0 Å². The van der Waals surface area contributed by atoms with Crippen LogP contribution in [0.2, 0.25) is 5.02 Å². The molecule has 24 heavy (non-hydrogen) atoms. The van der Waals surface area contributed by atoms with E-state index in [0.717, 1.165) is 5.56 Å². The summed E-state index contributed by atoms with van der Waals surface area (Å²) in [6.45, 7) is 1.41. The molecule has 0 aliphatic heterocycles. The highest BCUT2D eigenvalue weighted by atomic mass is 35.5. The molecule has 7 heteroatoms. The van der Waals surface area contributed by atoms with Gasteiger partial charge < -0.3 is 15.4 Å². The largest absolute Gasteiger partial charge is 0.481 e. The van der Waals surface area contributed by atoms with Crippen LogP contribution < -0.4 is 15.4 Å². The van der Waals surface area contributed by atoms with Crippen molar-refractivity contribution < 1.29 is 14.3 Å². The molecule has 0 radical (unpaired) electrons. The molecule has 0 spiro atoms. The smallest absolute Gasteiger partial charge is 0.226 e. The van der Waals surface area contributed by atoms with Crippen molar-refractivity contribution in [1.82, 2.24) is 10.3 Å². The lowest BCUT2D eigenvalue weighted by Crippen LogP contribution is -2.29. The first-order chi connectivity index (χ1) is 11.5. The highest BCUT2D eigenvalue weighted by molar-refractivity contribution is 6.30. The number of hydrogen-bond acceptors (Lipinski definition) is 4. The second kappa shape index (κ2) is 8.31. The van der Waals surface area contributed by atoms with E-state index in [1.165, 1.54) is 20.2 Å². The molecule has 6 nitrogen and oxygen atoms in total. The molecule has 126 valence electrons. The highest BCUT2D eigenvalue weighted by Gasteiger charge is 2.17. The fraction of sp³-hybridized carbons (Fsp3) is 0.235. The van der Waals surface area contributed by atoms with Gasteiger partial charge >= 0.3 is 0 Å². The molecule has 1 aromatic carbocycles. The molecule has 0 aliphatic rings. The van der Waals surface area contributed by atoms with Gasteiger partial charge in [-0.3, -0.25) is 9.59 Å². The Hall–Kier alpha value is -2.60. The molecule has 2 amide bonds. The van der Waals surface area contributed by atoms with E-state index in [1.54, 1.807) is 36.4 Å². The summed E-state index contributed by atoms with van der Waals surface area (Å²) in [7, 11) is 1.52. The van der Waals surface area contributed by atoms with E-state index in [0.29, 0.717) is 16.6 Å². The summed E-state index contributed by atoms with van der Waals surface area (Å²) in [5.41, 5.74) is 1.36. The van der Waals surface area contributed by atoms with E-state index >= 15 is 0 Å². The minimum atomic E-state index is -0.439. The van der Waals surface area contributed by atoms with E-state index in [4.69, 9.17) is 16.3 Å². The summed E-state index contributed by atoms with van der Waals surface area (Å²) < 4.78 is 4.97. The monoisotopic (exact) mass is 347 g/mol. The number of aromatic nitrogens is 1. The van der Waals surface area contributed by atoms with Gasteiger partial charge in [0.1, 0.15) is 0 Å². The molecular formula is C17H18ClN3O3. The predicted molar refractivity (Wildman–Crippen MR) is 92.0 cm³/mol. The van der Waals surface area contributed by atoms with Gasteiger partial charge in [-0.1, -0.05) is 23.7 Å². The normalized spacial score (nSPS) is 11.5. The Bertz CT molecular complexity index is 702. The number of carbonyl (C=O) groups excluding carboxylic acids is 2.